The number of rotatable bonds is 54. The van der Waals surface area contributed by atoms with Gasteiger partial charge in [-0.05, 0) is 97.6 Å². The SMILES string of the molecule is CNC(=O)CCN(CCCN(CCC(=O)NC)CCC(=O)NC)CCC(=O)NC.CNC(=O)CCN(CCCN)CCC(=O)NC.CNC(=O)CCNCCCN.CNC(=O)CCNCCCN(CCC(=O)NC)CCC(=O)NC.CNC(=O)CCNCCCNCCC(=O)NC. The molecule has 0 aliphatic carbocycles. The van der Waals surface area contributed by atoms with E-state index < -0.39 is 0 Å². The van der Waals surface area contributed by atoms with Crippen molar-refractivity contribution < 1.29 is 57.5 Å². The maximum atomic E-state index is 11.5. The Kier molecular flexibility index (Phi) is 76.5. The molecule has 568 valence electrons. The van der Waals surface area contributed by atoms with E-state index in [0.717, 1.165) is 91.0 Å². The number of nitrogens with one attached hydrogen (secondary N) is 16. The van der Waals surface area contributed by atoms with E-state index in [1.165, 1.54) is 0 Å². The van der Waals surface area contributed by atoms with Crippen LogP contribution in [-0.2, 0) is 57.5 Å². The van der Waals surface area contributed by atoms with Gasteiger partial charge in [-0.25, -0.2) is 0 Å². The molecule has 34 nitrogen and oxygen atoms in total. The third-order valence-electron chi connectivity index (χ3n) is 14.4. The van der Waals surface area contributed by atoms with Crippen molar-refractivity contribution in [3.8, 4) is 0 Å². The zero-order valence-corrected chi connectivity index (χ0v) is 61.4. The van der Waals surface area contributed by atoms with Gasteiger partial charge in [-0.15, -0.1) is 0 Å². The zero-order valence-electron chi connectivity index (χ0n) is 61.4. The van der Waals surface area contributed by atoms with Crippen LogP contribution in [0.4, 0.5) is 0 Å². The van der Waals surface area contributed by atoms with Crippen LogP contribution in [0.1, 0.15) is 109 Å². The number of carbonyl (C=O) groups is 12. The molecule has 0 radical (unpaired) electrons. The first-order chi connectivity index (χ1) is 46.5. The number of nitrogens with two attached hydrogens (primary N) is 2. The van der Waals surface area contributed by atoms with Gasteiger partial charge in [0.2, 0.25) is 70.9 Å². The van der Waals surface area contributed by atoms with Gasteiger partial charge in [-0.3, -0.25) is 57.5 Å². The molecule has 0 saturated carbocycles. The molecular weight excluding hydrogens is 1260 g/mol. The minimum atomic E-state index is -0.0345. The van der Waals surface area contributed by atoms with E-state index in [2.05, 4.69) is 105 Å². The molecule has 12 amide bonds. The standard InChI is InChI=1S/C19H38N6O4.C15H31N5O3.2C11H24N4O2.C7H17N3O/c1-20-16(26)6-12-24(13-7-17(27)21-2)10-5-11-25(14-8-18(28)22-3)15-9-19(29)23-4;1-16-13(21)5-9-19-8-4-10-20(11-6-14(22)17-2)12-7-15(23)18-3;1-13-10(16)4-8-15(7-3-6-12)9-5-11(17)14-2;1-12-10(16)4-8-14-6-3-7-15-9-5-11(17)13-2;1-9-7(11)3-6-10-5-2-4-8/h5-15H2,1-4H3,(H,20,26)(H,21,27)(H,22,28)(H,23,29);19H,4-12H2,1-3H3,(H,16,21)(H,17,22)(H,18,23);3-9,12H2,1-2H3,(H,13,16)(H,14,17);14-15H,3-9H2,1-2H3,(H,12,16)(H,13,17);10H,2-6,8H2,1H3,(H,9,11). The van der Waals surface area contributed by atoms with Crippen LogP contribution in [0.25, 0.3) is 0 Å². The quantitative estimate of drug-likeness (QED) is 0.0252. The van der Waals surface area contributed by atoms with Crippen molar-refractivity contribution in [2.75, 3.05) is 229 Å². The van der Waals surface area contributed by atoms with Crippen LogP contribution in [0.2, 0.25) is 0 Å². The molecule has 0 heterocycles. The van der Waals surface area contributed by atoms with Crippen LogP contribution >= 0.6 is 0 Å². The summed E-state index contributed by atoms with van der Waals surface area (Å²) in [4.78, 5) is 143. The van der Waals surface area contributed by atoms with Crippen LogP contribution < -0.4 is 96.5 Å². The van der Waals surface area contributed by atoms with E-state index >= 15 is 0 Å². The lowest BCUT2D eigenvalue weighted by molar-refractivity contribution is -0.122. The fraction of sp³-hybridized carbons (Fsp3) is 0.810. The number of hydrogen-bond acceptors (Lipinski definition) is 22. The summed E-state index contributed by atoms with van der Waals surface area (Å²) in [6, 6.07) is 0. The molecule has 0 atom stereocenters. The van der Waals surface area contributed by atoms with Crippen LogP contribution in [0.15, 0.2) is 0 Å². The lowest BCUT2D eigenvalue weighted by Crippen LogP contribution is -2.37. The summed E-state index contributed by atoms with van der Waals surface area (Å²) in [6.45, 7) is 15.6. The van der Waals surface area contributed by atoms with Crippen LogP contribution in [0.5, 0.6) is 0 Å². The van der Waals surface area contributed by atoms with Gasteiger partial charge < -0.3 is 116 Å². The van der Waals surface area contributed by atoms with Gasteiger partial charge >= 0.3 is 0 Å². The average Bonchev–Trinajstić information content (AvgIpc) is 3.51. The molecule has 0 rings (SSSR count). The van der Waals surface area contributed by atoms with Crippen molar-refractivity contribution >= 4 is 70.9 Å². The molecule has 0 spiro atoms. The van der Waals surface area contributed by atoms with Crippen molar-refractivity contribution in [2.45, 2.75) is 109 Å². The second kappa shape index (κ2) is 75.0. The summed E-state index contributed by atoms with van der Waals surface area (Å²) in [6.07, 6.45) is 9.84. The highest BCUT2D eigenvalue weighted by molar-refractivity contribution is 5.79. The summed E-state index contributed by atoms with van der Waals surface area (Å²) < 4.78 is 0. The maximum Gasteiger partial charge on any atom is 0.221 e. The van der Waals surface area contributed by atoms with E-state index in [1.54, 1.807) is 84.6 Å². The highest BCUT2D eigenvalue weighted by Gasteiger charge is 2.15. The van der Waals surface area contributed by atoms with E-state index in [9.17, 15) is 57.5 Å². The minimum Gasteiger partial charge on any atom is -0.359 e. The van der Waals surface area contributed by atoms with Crippen molar-refractivity contribution in [3.63, 3.8) is 0 Å². The third kappa shape index (κ3) is 74.9. The lowest BCUT2D eigenvalue weighted by atomic mass is 10.2. The molecule has 97 heavy (non-hydrogen) atoms. The molecule has 0 aliphatic rings. The van der Waals surface area contributed by atoms with E-state index in [1.807, 2.05) is 0 Å². The van der Waals surface area contributed by atoms with Gasteiger partial charge in [0.15, 0.2) is 0 Å². The second-order valence-electron chi connectivity index (χ2n) is 21.8. The molecule has 0 aromatic rings. The smallest absolute Gasteiger partial charge is 0.221 e. The van der Waals surface area contributed by atoms with Gasteiger partial charge in [0.1, 0.15) is 0 Å². The maximum absolute atomic E-state index is 11.5. The molecule has 0 aliphatic heterocycles. The molecule has 0 fully saturated rings. The van der Waals surface area contributed by atoms with E-state index in [-0.39, 0.29) is 70.9 Å². The molecule has 0 aromatic heterocycles. The fourth-order valence-electron chi connectivity index (χ4n) is 8.05. The Balaban J connectivity index is -0.000000376. The Morgan fingerprint density at radius 2 is 0.361 bits per heavy atom. The topological polar surface area (TPSA) is 462 Å². The number of hydrogen-bond donors (Lipinski definition) is 18. The van der Waals surface area contributed by atoms with E-state index in [4.69, 9.17) is 11.5 Å². The van der Waals surface area contributed by atoms with Crippen LogP contribution in [0.3, 0.4) is 0 Å². The van der Waals surface area contributed by atoms with Gasteiger partial charge in [0, 0.05) is 240 Å². The Morgan fingerprint density at radius 1 is 0.196 bits per heavy atom. The Morgan fingerprint density at radius 3 is 0.557 bits per heavy atom. The van der Waals surface area contributed by atoms with Crippen molar-refractivity contribution in [3.05, 3.63) is 0 Å². The first kappa shape index (κ1) is 98.9. The number of carbonyl (C=O) groups excluding carboxylic acids is 12. The first-order valence-corrected chi connectivity index (χ1v) is 34.1. The number of nitrogens with zero attached hydrogens (tertiary/aromatic N) is 4. The summed E-state index contributed by atoms with van der Waals surface area (Å²) >= 11 is 0. The van der Waals surface area contributed by atoms with Crippen molar-refractivity contribution in [2.24, 2.45) is 11.5 Å². The molecule has 34 heteroatoms. The molecule has 0 saturated heterocycles. The molecular formula is C63H134N22O12. The van der Waals surface area contributed by atoms with Crippen LogP contribution in [-0.4, -0.2) is 319 Å². The normalized spacial score (nSPS) is 10.3. The molecule has 20 N–H and O–H groups in total. The Hall–Kier alpha value is -6.76. The highest BCUT2D eigenvalue weighted by Crippen LogP contribution is 2.03. The lowest BCUT2D eigenvalue weighted by Gasteiger charge is -2.25. The summed E-state index contributed by atoms with van der Waals surface area (Å²) in [5.74, 6) is 0.103. The average molecular weight is 1390 g/mol. The minimum absolute atomic E-state index is 0.00125. The Labute approximate surface area is 580 Å². The fourth-order valence-corrected chi connectivity index (χ4v) is 8.05. The summed E-state index contributed by atoms with van der Waals surface area (Å²) in [5, 5.41) is 43.8. The monoisotopic (exact) mass is 1390 g/mol. The Bertz CT molecular complexity index is 1910. The van der Waals surface area contributed by atoms with Crippen molar-refractivity contribution in [1.29, 1.82) is 0 Å². The molecule has 0 bridgehead atoms. The van der Waals surface area contributed by atoms with Gasteiger partial charge in [0.25, 0.3) is 0 Å². The summed E-state index contributed by atoms with van der Waals surface area (Å²) in [5.41, 5.74) is 10.7. The molecule has 0 aromatic carbocycles. The molecule has 0 unspecified atom stereocenters. The van der Waals surface area contributed by atoms with Gasteiger partial charge in [-0.2, -0.15) is 0 Å². The highest BCUT2D eigenvalue weighted by atomic mass is 16.2. The van der Waals surface area contributed by atoms with Gasteiger partial charge in [-0.1, -0.05) is 0 Å². The zero-order chi connectivity index (χ0) is 74.1. The largest absolute Gasteiger partial charge is 0.359 e. The predicted octanol–water partition coefficient (Wildman–Crippen LogP) is -6.00. The predicted molar refractivity (Wildman–Crippen MR) is 383 cm³/mol. The van der Waals surface area contributed by atoms with Crippen molar-refractivity contribution in [1.82, 2.24) is 105 Å². The second-order valence-corrected chi connectivity index (χ2v) is 21.8. The first-order valence-electron chi connectivity index (χ1n) is 34.1. The van der Waals surface area contributed by atoms with Gasteiger partial charge in [0.05, 0.1) is 0 Å². The number of amides is 12. The summed E-state index contributed by atoms with van der Waals surface area (Å²) in [7, 11) is 19.4. The van der Waals surface area contributed by atoms with E-state index in [0.29, 0.717) is 162 Å². The van der Waals surface area contributed by atoms with Crippen LogP contribution in [0, 0.1) is 0 Å². The third-order valence-corrected chi connectivity index (χ3v) is 14.4.